The van der Waals surface area contributed by atoms with Gasteiger partial charge in [0.15, 0.2) is 0 Å². The van der Waals surface area contributed by atoms with Gasteiger partial charge >= 0.3 is 0 Å². The standard InChI is InChI=1S/C12H17N3S.2C2H6/c13-9-1-2-11-12(7-9)16-6-5-15(11)10-3-4-14-8-10;2*1-2/h1-2,7,10,14H,3-6,8,13H2;2*1-2H3. The number of fused-ring (bicyclic) bond motifs is 1. The molecule has 0 aromatic heterocycles. The van der Waals surface area contributed by atoms with Crippen molar-refractivity contribution in [2.75, 3.05) is 36.0 Å². The summed E-state index contributed by atoms with van der Waals surface area (Å²) >= 11 is 1.92. The molecule has 3 N–H and O–H groups in total. The molecule has 0 spiro atoms. The first-order valence-electron chi connectivity index (χ1n) is 7.84. The quantitative estimate of drug-likeness (QED) is 0.777. The van der Waals surface area contributed by atoms with Crippen LogP contribution in [0.1, 0.15) is 34.1 Å². The minimum Gasteiger partial charge on any atom is -0.399 e. The molecule has 0 bridgehead atoms. The first-order valence-corrected chi connectivity index (χ1v) is 8.83. The van der Waals surface area contributed by atoms with Gasteiger partial charge in [-0.25, -0.2) is 0 Å². The van der Waals surface area contributed by atoms with E-state index < -0.39 is 0 Å². The fraction of sp³-hybridized carbons (Fsp3) is 0.625. The van der Waals surface area contributed by atoms with Crippen LogP contribution in [0.2, 0.25) is 0 Å². The Labute approximate surface area is 128 Å². The molecular formula is C16H29N3S. The molecule has 4 heteroatoms. The first kappa shape index (κ1) is 17.2. The average molecular weight is 295 g/mol. The number of benzene rings is 1. The highest BCUT2D eigenvalue weighted by Crippen LogP contribution is 2.37. The fourth-order valence-electron chi connectivity index (χ4n) is 2.54. The van der Waals surface area contributed by atoms with Gasteiger partial charge in [-0.1, -0.05) is 27.7 Å². The van der Waals surface area contributed by atoms with E-state index in [4.69, 9.17) is 5.73 Å². The van der Waals surface area contributed by atoms with Gasteiger partial charge in [-0.05, 0) is 31.2 Å². The smallest absolute Gasteiger partial charge is 0.0509 e. The van der Waals surface area contributed by atoms with E-state index in [2.05, 4.69) is 22.3 Å². The molecule has 1 aromatic rings. The molecule has 3 rings (SSSR count). The number of hydrogen-bond donors (Lipinski definition) is 2. The van der Waals surface area contributed by atoms with Gasteiger partial charge in [-0.15, -0.1) is 11.8 Å². The molecule has 1 atom stereocenters. The summed E-state index contributed by atoms with van der Waals surface area (Å²) in [5, 5.41) is 3.44. The number of hydrogen-bond acceptors (Lipinski definition) is 4. The van der Waals surface area contributed by atoms with Crippen LogP contribution in [0.25, 0.3) is 0 Å². The third-order valence-electron chi connectivity index (χ3n) is 3.36. The second-order valence-corrected chi connectivity index (χ2v) is 5.55. The van der Waals surface area contributed by atoms with Gasteiger partial charge in [-0.3, -0.25) is 0 Å². The van der Waals surface area contributed by atoms with Crippen molar-refractivity contribution in [1.29, 1.82) is 0 Å². The summed E-state index contributed by atoms with van der Waals surface area (Å²) in [4.78, 5) is 3.89. The number of nitrogens with one attached hydrogen (secondary N) is 1. The normalized spacial score (nSPS) is 20.2. The molecule has 3 nitrogen and oxygen atoms in total. The minimum atomic E-state index is 0.670. The average Bonchev–Trinajstić information content (AvgIpc) is 3.04. The largest absolute Gasteiger partial charge is 0.399 e. The summed E-state index contributed by atoms with van der Waals surface area (Å²) in [5.74, 6) is 1.17. The molecular weight excluding hydrogens is 266 g/mol. The monoisotopic (exact) mass is 295 g/mol. The molecule has 114 valence electrons. The summed E-state index contributed by atoms with van der Waals surface area (Å²) in [7, 11) is 0. The number of anilines is 2. The Hall–Kier alpha value is -0.870. The van der Waals surface area contributed by atoms with E-state index in [1.165, 1.54) is 22.8 Å². The third-order valence-corrected chi connectivity index (χ3v) is 4.38. The van der Waals surface area contributed by atoms with Gasteiger partial charge in [0.1, 0.15) is 0 Å². The molecule has 0 radical (unpaired) electrons. The summed E-state index contributed by atoms with van der Waals surface area (Å²) in [6.45, 7) is 11.4. The Balaban J connectivity index is 0.000000461. The minimum absolute atomic E-state index is 0.670. The molecule has 2 aliphatic heterocycles. The number of nitrogens with two attached hydrogens (primary N) is 1. The Morgan fingerprint density at radius 2 is 2.00 bits per heavy atom. The number of nitrogens with zero attached hydrogens (tertiary/aromatic N) is 1. The predicted molar refractivity (Wildman–Crippen MR) is 92.9 cm³/mol. The molecule has 2 heterocycles. The molecule has 1 aromatic carbocycles. The van der Waals surface area contributed by atoms with Crippen molar-refractivity contribution < 1.29 is 0 Å². The highest BCUT2D eigenvalue weighted by molar-refractivity contribution is 7.99. The van der Waals surface area contributed by atoms with Crippen molar-refractivity contribution in [3.8, 4) is 0 Å². The zero-order chi connectivity index (χ0) is 15.0. The first-order chi connectivity index (χ1) is 9.84. The molecule has 1 saturated heterocycles. The predicted octanol–water partition coefficient (Wildman–Crippen LogP) is 3.60. The number of rotatable bonds is 1. The highest BCUT2D eigenvalue weighted by atomic mass is 32.2. The van der Waals surface area contributed by atoms with Gasteiger partial charge in [0.2, 0.25) is 0 Å². The van der Waals surface area contributed by atoms with Crippen molar-refractivity contribution in [2.24, 2.45) is 0 Å². The lowest BCUT2D eigenvalue weighted by molar-refractivity contribution is 0.642. The van der Waals surface area contributed by atoms with Gasteiger partial charge in [-0.2, -0.15) is 0 Å². The zero-order valence-electron chi connectivity index (χ0n) is 13.3. The molecule has 1 unspecified atom stereocenters. The van der Waals surface area contributed by atoms with Crippen LogP contribution >= 0.6 is 11.8 Å². The second-order valence-electron chi connectivity index (χ2n) is 4.42. The molecule has 0 saturated carbocycles. The Kier molecular flexibility index (Phi) is 7.85. The maximum absolute atomic E-state index is 5.84. The van der Waals surface area contributed by atoms with Gasteiger partial charge in [0, 0.05) is 35.5 Å². The van der Waals surface area contributed by atoms with E-state index in [0.717, 1.165) is 25.3 Å². The number of thioether (sulfide) groups is 1. The summed E-state index contributed by atoms with van der Waals surface area (Å²) in [6.07, 6.45) is 1.26. The Morgan fingerprint density at radius 3 is 2.65 bits per heavy atom. The van der Waals surface area contributed by atoms with Crippen LogP contribution in [0.4, 0.5) is 11.4 Å². The van der Waals surface area contributed by atoms with E-state index in [1.54, 1.807) is 0 Å². The molecule has 2 aliphatic rings. The Morgan fingerprint density at radius 1 is 1.25 bits per heavy atom. The van der Waals surface area contributed by atoms with E-state index in [-0.39, 0.29) is 0 Å². The molecule has 1 fully saturated rings. The molecule has 0 aliphatic carbocycles. The maximum Gasteiger partial charge on any atom is 0.0509 e. The van der Waals surface area contributed by atoms with Crippen LogP contribution in [0.5, 0.6) is 0 Å². The van der Waals surface area contributed by atoms with Crippen LogP contribution in [0.3, 0.4) is 0 Å². The lowest BCUT2D eigenvalue weighted by Gasteiger charge is -2.35. The lowest BCUT2D eigenvalue weighted by atomic mass is 10.1. The van der Waals surface area contributed by atoms with Crippen molar-refractivity contribution in [1.82, 2.24) is 5.32 Å². The highest BCUT2D eigenvalue weighted by Gasteiger charge is 2.26. The van der Waals surface area contributed by atoms with E-state index in [1.807, 2.05) is 45.5 Å². The Bertz CT molecular complexity index is 389. The van der Waals surface area contributed by atoms with Crippen LogP contribution in [-0.2, 0) is 0 Å². The van der Waals surface area contributed by atoms with E-state index >= 15 is 0 Å². The lowest BCUT2D eigenvalue weighted by Crippen LogP contribution is -2.40. The summed E-state index contributed by atoms with van der Waals surface area (Å²) < 4.78 is 0. The zero-order valence-corrected chi connectivity index (χ0v) is 14.1. The van der Waals surface area contributed by atoms with E-state index in [9.17, 15) is 0 Å². The van der Waals surface area contributed by atoms with Gasteiger partial charge in [0.05, 0.1) is 5.69 Å². The van der Waals surface area contributed by atoms with E-state index in [0.29, 0.717) is 6.04 Å². The van der Waals surface area contributed by atoms with Crippen molar-refractivity contribution in [3.05, 3.63) is 18.2 Å². The fourth-order valence-corrected chi connectivity index (χ4v) is 3.60. The van der Waals surface area contributed by atoms with Crippen molar-refractivity contribution in [3.63, 3.8) is 0 Å². The number of nitrogen functional groups attached to an aromatic ring is 1. The SMILES string of the molecule is CC.CC.Nc1ccc2c(c1)SCCN2C1CCNC1. The van der Waals surface area contributed by atoms with Crippen molar-refractivity contribution in [2.45, 2.75) is 45.1 Å². The van der Waals surface area contributed by atoms with Crippen LogP contribution in [0, 0.1) is 0 Å². The maximum atomic E-state index is 5.84. The van der Waals surface area contributed by atoms with Gasteiger partial charge < -0.3 is 16.0 Å². The van der Waals surface area contributed by atoms with Crippen molar-refractivity contribution >= 4 is 23.1 Å². The van der Waals surface area contributed by atoms with Crippen LogP contribution < -0.4 is 16.0 Å². The van der Waals surface area contributed by atoms with Crippen LogP contribution in [-0.4, -0.2) is 31.4 Å². The molecule has 20 heavy (non-hydrogen) atoms. The van der Waals surface area contributed by atoms with Gasteiger partial charge in [0.25, 0.3) is 0 Å². The summed E-state index contributed by atoms with van der Waals surface area (Å²) in [6, 6.07) is 6.97. The second kappa shape index (κ2) is 9.14. The topological polar surface area (TPSA) is 41.3 Å². The van der Waals surface area contributed by atoms with Crippen LogP contribution in [0.15, 0.2) is 23.1 Å². The third kappa shape index (κ3) is 4.06. The summed E-state index contributed by atoms with van der Waals surface area (Å²) in [5.41, 5.74) is 8.08. The molecule has 0 amide bonds.